The first-order valence-electron chi connectivity index (χ1n) is 4.23. The number of rotatable bonds is 4. The van der Waals surface area contributed by atoms with E-state index in [1.54, 1.807) is 10.9 Å². The maximum Gasteiger partial charge on any atom is 0.318 e. The topological polar surface area (TPSA) is 103 Å². The Morgan fingerprint density at radius 1 is 1.67 bits per heavy atom. The molecule has 15 heavy (non-hydrogen) atoms. The Balaban J connectivity index is 2.43. The van der Waals surface area contributed by atoms with Crippen LogP contribution in [0, 0.1) is 0 Å². The van der Waals surface area contributed by atoms with Crippen molar-refractivity contribution in [3.05, 3.63) is 6.33 Å². The average Bonchev–Trinajstić information content (AvgIpc) is 2.60. The molecule has 7 nitrogen and oxygen atoms in total. The van der Waals surface area contributed by atoms with Gasteiger partial charge in [-0.3, -0.25) is 10.1 Å². The zero-order valence-corrected chi connectivity index (χ0v) is 8.95. The van der Waals surface area contributed by atoms with Crippen LogP contribution in [-0.4, -0.2) is 32.5 Å². The lowest BCUT2D eigenvalue weighted by atomic mass is 10.7. The van der Waals surface area contributed by atoms with Gasteiger partial charge in [-0.05, 0) is 6.92 Å². The van der Waals surface area contributed by atoms with Gasteiger partial charge in [-0.1, -0.05) is 11.8 Å². The minimum absolute atomic E-state index is 0.0850. The summed E-state index contributed by atoms with van der Waals surface area (Å²) in [6, 6.07) is -0.849. The molecule has 0 atom stereocenters. The summed E-state index contributed by atoms with van der Waals surface area (Å²) in [4.78, 5) is 21.4. The van der Waals surface area contributed by atoms with E-state index >= 15 is 0 Å². The number of hydrogen-bond acceptors (Lipinski definition) is 5. The number of carbonyl (C=O) groups excluding carboxylic acids is 2. The van der Waals surface area contributed by atoms with Crippen LogP contribution in [0.5, 0.6) is 0 Å². The second-order valence-electron chi connectivity index (χ2n) is 2.60. The van der Waals surface area contributed by atoms with Gasteiger partial charge in [-0.15, -0.1) is 10.2 Å². The molecule has 0 spiro atoms. The fourth-order valence-corrected chi connectivity index (χ4v) is 1.66. The molecule has 0 saturated carbocycles. The van der Waals surface area contributed by atoms with Crippen LogP contribution >= 0.6 is 11.8 Å². The fourth-order valence-electron chi connectivity index (χ4n) is 0.877. The molecule has 82 valence electrons. The van der Waals surface area contributed by atoms with E-state index in [9.17, 15) is 9.59 Å². The number of nitrogens with zero attached hydrogens (tertiary/aromatic N) is 3. The third kappa shape index (κ3) is 3.58. The maximum atomic E-state index is 11.1. The van der Waals surface area contributed by atoms with Crippen LogP contribution < -0.4 is 11.1 Å². The summed E-state index contributed by atoms with van der Waals surface area (Å²) in [5.41, 5.74) is 4.79. The van der Waals surface area contributed by atoms with E-state index in [1.807, 2.05) is 12.2 Å². The van der Waals surface area contributed by atoms with Gasteiger partial charge in [0.05, 0.1) is 5.75 Å². The zero-order valence-electron chi connectivity index (χ0n) is 8.14. The van der Waals surface area contributed by atoms with Gasteiger partial charge in [0, 0.05) is 6.54 Å². The molecule has 1 rings (SSSR count). The van der Waals surface area contributed by atoms with Gasteiger partial charge in [-0.2, -0.15) is 0 Å². The lowest BCUT2D eigenvalue weighted by molar-refractivity contribution is -0.117. The van der Waals surface area contributed by atoms with Crippen LogP contribution in [-0.2, 0) is 11.3 Å². The Kier molecular flexibility index (Phi) is 4.10. The van der Waals surface area contributed by atoms with E-state index in [4.69, 9.17) is 5.73 Å². The standard InChI is InChI=1S/C7H11N5O2S/c1-2-12-4-9-11-7(12)15-3-5(13)10-6(8)14/h4H,2-3H2,1H3,(H3,8,10,13,14). The molecular formula is C7H11N5O2S. The summed E-state index contributed by atoms with van der Waals surface area (Å²) in [7, 11) is 0. The van der Waals surface area contributed by atoms with E-state index < -0.39 is 11.9 Å². The Morgan fingerprint density at radius 3 is 3.00 bits per heavy atom. The molecule has 0 aromatic carbocycles. The van der Waals surface area contributed by atoms with Gasteiger partial charge >= 0.3 is 6.03 Å². The first-order chi connectivity index (χ1) is 7.13. The molecule has 0 saturated heterocycles. The van der Waals surface area contributed by atoms with Crippen molar-refractivity contribution in [1.82, 2.24) is 20.1 Å². The monoisotopic (exact) mass is 229 g/mol. The molecule has 0 aliphatic carbocycles. The number of imide groups is 1. The predicted octanol–water partition coefficient (Wildman–Crippen LogP) is -0.415. The van der Waals surface area contributed by atoms with Crippen LogP contribution in [0.15, 0.2) is 11.5 Å². The molecule has 0 radical (unpaired) electrons. The van der Waals surface area contributed by atoms with Crippen molar-refractivity contribution >= 4 is 23.7 Å². The maximum absolute atomic E-state index is 11.1. The van der Waals surface area contributed by atoms with Crippen molar-refractivity contribution < 1.29 is 9.59 Å². The normalized spacial score (nSPS) is 9.93. The molecule has 0 aliphatic heterocycles. The molecule has 0 unspecified atom stereocenters. The van der Waals surface area contributed by atoms with Crippen molar-refractivity contribution in [1.29, 1.82) is 0 Å². The highest BCUT2D eigenvalue weighted by Gasteiger charge is 2.08. The summed E-state index contributed by atoms with van der Waals surface area (Å²) in [6.07, 6.45) is 1.58. The van der Waals surface area contributed by atoms with E-state index in [0.29, 0.717) is 5.16 Å². The molecule has 8 heteroatoms. The smallest absolute Gasteiger partial charge is 0.318 e. The third-order valence-corrected chi connectivity index (χ3v) is 2.50. The van der Waals surface area contributed by atoms with Gasteiger partial charge < -0.3 is 10.3 Å². The second kappa shape index (κ2) is 5.35. The molecule has 0 fully saturated rings. The van der Waals surface area contributed by atoms with Crippen LogP contribution in [0.2, 0.25) is 0 Å². The summed E-state index contributed by atoms with van der Waals surface area (Å²) in [5.74, 6) is -0.361. The van der Waals surface area contributed by atoms with Crippen molar-refractivity contribution in [2.24, 2.45) is 5.73 Å². The van der Waals surface area contributed by atoms with E-state index in [2.05, 4.69) is 10.2 Å². The third-order valence-electron chi connectivity index (χ3n) is 1.52. The quantitative estimate of drug-likeness (QED) is 0.683. The molecule has 1 heterocycles. The molecule has 1 aromatic rings. The molecular weight excluding hydrogens is 218 g/mol. The number of hydrogen-bond donors (Lipinski definition) is 2. The Labute approximate surface area is 90.4 Å². The van der Waals surface area contributed by atoms with E-state index in [0.717, 1.165) is 6.54 Å². The van der Waals surface area contributed by atoms with Crippen molar-refractivity contribution in [2.45, 2.75) is 18.6 Å². The minimum atomic E-state index is -0.849. The highest BCUT2D eigenvalue weighted by molar-refractivity contribution is 7.99. The molecule has 1 aromatic heterocycles. The lowest BCUT2D eigenvalue weighted by Crippen LogP contribution is -2.36. The Morgan fingerprint density at radius 2 is 2.40 bits per heavy atom. The number of thioether (sulfide) groups is 1. The molecule has 3 N–H and O–H groups in total. The van der Waals surface area contributed by atoms with Crippen LogP contribution in [0.25, 0.3) is 0 Å². The van der Waals surface area contributed by atoms with Crippen LogP contribution in [0.4, 0.5) is 4.79 Å². The first-order valence-corrected chi connectivity index (χ1v) is 5.22. The number of carbonyl (C=O) groups is 2. The fraction of sp³-hybridized carbons (Fsp3) is 0.429. The largest absolute Gasteiger partial charge is 0.351 e. The highest BCUT2D eigenvalue weighted by atomic mass is 32.2. The number of aryl methyl sites for hydroxylation is 1. The van der Waals surface area contributed by atoms with Gasteiger partial charge in [0.15, 0.2) is 5.16 Å². The first kappa shape index (κ1) is 11.5. The molecule has 0 bridgehead atoms. The number of aromatic nitrogens is 3. The van der Waals surface area contributed by atoms with Gasteiger partial charge in [0.25, 0.3) is 0 Å². The number of amides is 3. The summed E-state index contributed by atoms with van der Waals surface area (Å²) in [6.45, 7) is 2.67. The molecule has 0 aliphatic rings. The van der Waals surface area contributed by atoms with Crippen LogP contribution in [0.3, 0.4) is 0 Å². The van der Waals surface area contributed by atoms with Crippen LogP contribution in [0.1, 0.15) is 6.92 Å². The zero-order chi connectivity index (χ0) is 11.3. The SMILES string of the molecule is CCn1cnnc1SCC(=O)NC(N)=O. The average molecular weight is 229 g/mol. The number of primary amides is 1. The van der Waals surface area contributed by atoms with E-state index in [-0.39, 0.29) is 5.75 Å². The summed E-state index contributed by atoms with van der Waals surface area (Å²) >= 11 is 1.20. The lowest BCUT2D eigenvalue weighted by Gasteiger charge is -2.02. The van der Waals surface area contributed by atoms with Gasteiger partial charge in [-0.25, -0.2) is 4.79 Å². The van der Waals surface area contributed by atoms with E-state index in [1.165, 1.54) is 11.8 Å². The molecule has 3 amide bonds. The van der Waals surface area contributed by atoms with Gasteiger partial charge in [0.1, 0.15) is 6.33 Å². The van der Waals surface area contributed by atoms with Crippen molar-refractivity contribution in [3.8, 4) is 0 Å². The Hall–Kier alpha value is -1.57. The summed E-state index contributed by atoms with van der Waals surface area (Å²) in [5, 5.41) is 10.1. The predicted molar refractivity (Wildman–Crippen MR) is 54.1 cm³/mol. The number of nitrogens with one attached hydrogen (secondary N) is 1. The number of urea groups is 1. The van der Waals surface area contributed by atoms with Crippen molar-refractivity contribution in [2.75, 3.05) is 5.75 Å². The number of nitrogens with two attached hydrogens (primary N) is 1. The van der Waals surface area contributed by atoms with Gasteiger partial charge in [0.2, 0.25) is 5.91 Å². The Bertz CT molecular complexity index is 364. The second-order valence-corrected chi connectivity index (χ2v) is 3.54. The van der Waals surface area contributed by atoms with Crippen molar-refractivity contribution in [3.63, 3.8) is 0 Å². The minimum Gasteiger partial charge on any atom is -0.351 e. The summed E-state index contributed by atoms with van der Waals surface area (Å²) < 4.78 is 1.79. The highest BCUT2D eigenvalue weighted by Crippen LogP contribution is 2.13.